The molecule has 0 aromatic carbocycles. The number of methoxy groups -OCH3 is 1. The molecular formula is C14H20BrN3O3. The molecule has 2 N–H and O–H groups in total. The summed E-state index contributed by atoms with van der Waals surface area (Å²) < 4.78 is 5.59. The van der Waals surface area contributed by atoms with Crippen LogP contribution in [0.15, 0.2) is 16.7 Å². The largest absolute Gasteiger partial charge is 0.465 e. The summed E-state index contributed by atoms with van der Waals surface area (Å²) in [4.78, 5) is 18.4. The van der Waals surface area contributed by atoms with Crippen LogP contribution in [0.4, 0.5) is 5.82 Å². The van der Waals surface area contributed by atoms with Gasteiger partial charge in [0.2, 0.25) is 0 Å². The summed E-state index contributed by atoms with van der Waals surface area (Å²) in [5.74, 6) is 0.296. The molecule has 0 spiro atoms. The number of hydrogen-bond donors (Lipinski definition) is 2. The Morgan fingerprint density at radius 3 is 2.90 bits per heavy atom. The zero-order valence-corrected chi connectivity index (χ0v) is 13.6. The molecule has 0 amide bonds. The molecule has 0 bridgehead atoms. The minimum Gasteiger partial charge on any atom is -0.465 e. The van der Waals surface area contributed by atoms with Crippen LogP contribution in [0.25, 0.3) is 0 Å². The van der Waals surface area contributed by atoms with Crippen LogP contribution in [0.3, 0.4) is 0 Å². The number of aliphatic hydroxyl groups is 1. The number of nitrogens with one attached hydrogen (secondary N) is 1. The zero-order valence-electron chi connectivity index (χ0n) is 12.0. The van der Waals surface area contributed by atoms with Gasteiger partial charge in [-0.05, 0) is 34.8 Å². The number of aromatic nitrogens is 1. The fourth-order valence-electron chi connectivity index (χ4n) is 2.51. The van der Waals surface area contributed by atoms with Gasteiger partial charge in [0, 0.05) is 36.3 Å². The van der Waals surface area contributed by atoms with Crippen molar-refractivity contribution in [2.24, 2.45) is 0 Å². The van der Waals surface area contributed by atoms with Crippen LogP contribution in [0.2, 0.25) is 0 Å². The highest BCUT2D eigenvalue weighted by molar-refractivity contribution is 9.10. The fraction of sp³-hybridized carbons (Fsp3) is 0.571. The number of nitrogens with zero attached hydrogens (tertiary/aromatic N) is 2. The van der Waals surface area contributed by atoms with E-state index in [4.69, 9.17) is 9.84 Å². The molecule has 1 aliphatic rings. The molecule has 6 nitrogen and oxygen atoms in total. The molecule has 1 aromatic heterocycles. The molecule has 1 aromatic rings. The van der Waals surface area contributed by atoms with Crippen molar-refractivity contribution < 1.29 is 14.6 Å². The minimum absolute atomic E-state index is 0.154. The predicted octanol–water partition coefficient (Wildman–Crippen LogP) is 1.18. The van der Waals surface area contributed by atoms with Crippen molar-refractivity contribution in [1.82, 2.24) is 10.3 Å². The molecule has 0 radical (unpaired) electrons. The van der Waals surface area contributed by atoms with E-state index in [1.54, 1.807) is 12.3 Å². The summed E-state index contributed by atoms with van der Waals surface area (Å²) in [5, 5.41) is 12.1. The second-order valence-electron chi connectivity index (χ2n) is 4.96. The van der Waals surface area contributed by atoms with Crippen molar-refractivity contribution in [3.05, 3.63) is 22.3 Å². The van der Waals surface area contributed by atoms with Gasteiger partial charge in [0.05, 0.1) is 13.7 Å². The van der Waals surface area contributed by atoms with E-state index < -0.39 is 0 Å². The number of aliphatic hydroxyl groups excluding tert-OH is 1. The summed E-state index contributed by atoms with van der Waals surface area (Å²) in [5.41, 5.74) is 0.480. The molecule has 2 rings (SSSR count). The van der Waals surface area contributed by atoms with Crippen molar-refractivity contribution in [2.75, 3.05) is 38.3 Å². The lowest BCUT2D eigenvalue weighted by atomic mass is 10.0. The van der Waals surface area contributed by atoms with Crippen molar-refractivity contribution in [2.45, 2.75) is 18.9 Å². The zero-order chi connectivity index (χ0) is 15.2. The number of carbonyl (C=O) groups is 1. The number of pyridine rings is 1. The Morgan fingerprint density at radius 1 is 1.57 bits per heavy atom. The van der Waals surface area contributed by atoms with E-state index >= 15 is 0 Å². The van der Waals surface area contributed by atoms with Gasteiger partial charge in [-0.3, -0.25) is 0 Å². The van der Waals surface area contributed by atoms with E-state index in [1.165, 1.54) is 7.11 Å². The minimum atomic E-state index is -0.376. The molecule has 1 aliphatic heterocycles. The van der Waals surface area contributed by atoms with E-state index in [1.807, 2.05) is 0 Å². The van der Waals surface area contributed by atoms with Gasteiger partial charge in [-0.2, -0.15) is 0 Å². The van der Waals surface area contributed by atoms with Gasteiger partial charge in [0.15, 0.2) is 0 Å². The normalized spacial score (nSPS) is 16.0. The smallest absolute Gasteiger partial charge is 0.341 e. The van der Waals surface area contributed by atoms with Crippen LogP contribution in [-0.2, 0) is 4.74 Å². The first-order valence-corrected chi connectivity index (χ1v) is 7.78. The van der Waals surface area contributed by atoms with Gasteiger partial charge < -0.3 is 20.1 Å². The Labute approximate surface area is 132 Å². The van der Waals surface area contributed by atoms with Crippen LogP contribution in [-0.4, -0.2) is 55.5 Å². The van der Waals surface area contributed by atoms with Crippen LogP contribution >= 0.6 is 15.9 Å². The average Bonchev–Trinajstić information content (AvgIpc) is 2.52. The third-order valence-electron chi connectivity index (χ3n) is 3.58. The Bertz CT molecular complexity index is 490. The lowest BCUT2D eigenvalue weighted by Gasteiger charge is -2.34. The highest BCUT2D eigenvalue weighted by atomic mass is 79.9. The number of hydrogen-bond acceptors (Lipinski definition) is 6. The fourth-order valence-corrected chi connectivity index (χ4v) is 2.84. The highest BCUT2D eigenvalue weighted by Crippen LogP contribution is 2.25. The number of rotatable bonds is 5. The van der Waals surface area contributed by atoms with Crippen LogP contribution < -0.4 is 10.2 Å². The molecule has 21 heavy (non-hydrogen) atoms. The number of halogens is 1. The molecule has 0 aliphatic carbocycles. The van der Waals surface area contributed by atoms with Gasteiger partial charge in [-0.1, -0.05) is 0 Å². The maximum absolute atomic E-state index is 11.9. The topological polar surface area (TPSA) is 74.7 Å². The van der Waals surface area contributed by atoms with Crippen molar-refractivity contribution in [3.8, 4) is 0 Å². The molecule has 1 fully saturated rings. The van der Waals surface area contributed by atoms with E-state index in [0.29, 0.717) is 24.0 Å². The lowest BCUT2D eigenvalue weighted by Crippen LogP contribution is -2.44. The van der Waals surface area contributed by atoms with Crippen LogP contribution in [0.5, 0.6) is 0 Å². The molecular weight excluding hydrogens is 338 g/mol. The third-order valence-corrected chi connectivity index (χ3v) is 4.01. The first kappa shape index (κ1) is 16.2. The molecule has 116 valence electrons. The van der Waals surface area contributed by atoms with Gasteiger partial charge in [0.25, 0.3) is 0 Å². The van der Waals surface area contributed by atoms with Gasteiger partial charge in [-0.15, -0.1) is 0 Å². The van der Waals surface area contributed by atoms with E-state index in [9.17, 15) is 4.79 Å². The van der Waals surface area contributed by atoms with Crippen molar-refractivity contribution >= 4 is 27.7 Å². The first-order valence-electron chi connectivity index (χ1n) is 6.98. The molecule has 0 atom stereocenters. The summed E-state index contributed by atoms with van der Waals surface area (Å²) in [7, 11) is 1.37. The summed E-state index contributed by atoms with van der Waals surface area (Å²) in [6, 6.07) is 2.15. The van der Waals surface area contributed by atoms with Gasteiger partial charge in [0.1, 0.15) is 11.4 Å². The Morgan fingerprint density at radius 2 is 2.29 bits per heavy atom. The molecule has 0 saturated carbocycles. The maximum atomic E-state index is 11.9. The number of esters is 1. The van der Waals surface area contributed by atoms with Crippen molar-refractivity contribution in [1.29, 1.82) is 0 Å². The summed E-state index contributed by atoms with van der Waals surface area (Å²) in [6.07, 6.45) is 3.61. The standard InChI is InChI=1S/C14H20BrN3O3/c1-21-14(20)12-8-10(15)9-17-13(12)18-5-2-11(3-6-18)16-4-7-19/h8-9,11,16,19H,2-7H2,1H3. The molecule has 1 saturated heterocycles. The quantitative estimate of drug-likeness (QED) is 0.770. The predicted molar refractivity (Wildman–Crippen MR) is 83.6 cm³/mol. The van der Waals surface area contributed by atoms with Gasteiger partial charge >= 0.3 is 5.97 Å². The number of piperidine rings is 1. The molecule has 2 heterocycles. The first-order chi connectivity index (χ1) is 10.2. The Hall–Kier alpha value is -1.18. The maximum Gasteiger partial charge on any atom is 0.341 e. The second-order valence-corrected chi connectivity index (χ2v) is 5.87. The number of ether oxygens (including phenoxy) is 1. The Kier molecular flexibility index (Phi) is 5.96. The molecule has 0 unspecified atom stereocenters. The Balaban J connectivity index is 2.08. The monoisotopic (exact) mass is 357 g/mol. The lowest BCUT2D eigenvalue weighted by molar-refractivity contribution is 0.0601. The second kappa shape index (κ2) is 7.72. The summed E-state index contributed by atoms with van der Waals surface area (Å²) in [6.45, 7) is 2.42. The van der Waals surface area contributed by atoms with E-state index in [2.05, 4.69) is 31.1 Å². The summed E-state index contributed by atoms with van der Waals surface area (Å²) >= 11 is 3.33. The highest BCUT2D eigenvalue weighted by Gasteiger charge is 2.24. The SMILES string of the molecule is COC(=O)c1cc(Br)cnc1N1CCC(NCCO)CC1. The van der Waals surface area contributed by atoms with Crippen LogP contribution in [0, 0.1) is 0 Å². The van der Waals surface area contributed by atoms with E-state index in [0.717, 1.165) is 30.4 Å². The average molecular weight is 358 g/mol. The third kappa shape index (κ3) is 4.15. The van der Waals surface area contributed by atoms with Crippen LogP contribution in [0.1, 0.15) is 23.2 Å². The molecule has 7 heteroatoms. The van der Waals surface area contributed by atoms with Crippen molar-refractivity contribution in [3.63, 3.8) is 0 Å². The van der Waals surface area contributed by atoms with Gasteiger partial charge in [-0.25, -0.2) is 9.78 Å². The number of carbonyl (C=O) groups excluding carboxylic acids is 1. The van der Waals surface area contributed by atoms with E-state index in [-0.39, 0.29) is 12.6 Å². The number of anilines is 1.